The number of amides is 1. The molecule has 0 saturated carbocycles. The molecule has 1 heterocycles. The van der Waals surface area contributed by atoms with Gasteiger partial charge in [0.25, 0.3) is 5.91 Å². The van der Waals surface area contributed by atoms with Gasteiger partial charge in [0.1, 0.15) is 10.7 Å². The van der Waals surface area contributed by atoms with E-state index in [4.69, 9.17) is 0 Å². The number of benzene rings is 1. The normalized spacial score (nSPS) is 15.9. The third kappa shape index (κ3) is 5.25. The van der Waals surface area contributed by atoms with Crippen molar-refractivity contribution in [2.45, 2.75) is 56.8 Å². The lowest BCUT2D eigenvalue weighted by Gasteiger charge is -2.26. The fourth-order valence-corrected chi connectivity index (χ4v) is 4.55. The molecule has 0 atom stereocenters. The van der Waals surface area contributed by atoms with Gasteiger partial charge in [0, 0.05) is 25.2 Å². The monoisotopic (exact) mass is 370 g/mol. The van der Waals surface area contributed by atoms with Gasteiger partial charge in [-0.2, -0.15) is 4.31 Å². The minimum atomic E-state index is -3.90. The zero-order chi connectivity index (χ0) is 18.3. The number of sulfonamides is 1. The standard InChI is InChI=1S/C18H27FN2O3S/c1-2-3-4-6-11-20-18(22)15-9-10-16(19)17(14-15)25(23,24)21-12-7-5-8-13-21/h9-10,14H,2-8,11-13H2,1H3,(H,20,22). The number of rotatable bonds is 8. The highest BCUT2D eigenvalue weighted by molar-refractivity contribution is 7.89. The predicted octanol–water partition coefficient (Wildman–Crippen LogP) is 3.31. The molecule has 1 N–H and O–H groups in total. The van der Waals surface area contributed by atoms with Crippen LogP contribution in [0.3, 0.4) is 0 Å². The highest BCUT2D eigenvalue weighted by Crippen LogP contribution is 2.24. The number of carbonyl (C=O) groups is 1. The lowest BCUT2D eigenvalue weighted by atomic mass is 10.2. The second-order valence-corrected chi connectivity index (χ2v) is 8.33. The van der Waals surface area contributed by atoms with Crippen molar-refractivity contribution < 1.29 is 17.6 Å². The fraction of sp³-hybridized carbons (Fsp3) is 0.611. The topological polar surface area (TPSA) is 66.5 Å². The Balaban J connectivity index is 2.10. The molecule has 1 aromatic carbocycles. The van der Waals surface area contributed by atoms with Gasteiger partial charge in [-0.05, 0) is 37.5 Å². The van der Waals surface area contributed by atoms with Crippen LogP contribution in [0.25, 0.3) is 0 Å². The lowest BCUT2D eigenvalue weighted by molar-refractivity contribution is 0.0952. The molecule has 0 spiro atoms. The largest absolute Gasteiger partial charge is 0.352 e. The minimum absolute atomic E-state index is 0.174. The van der Waals surface area contributed by atoms with Gasteiger partial charge in [0.2, 0.25) is 10.0 Å². The number of halogens is 1. The number of nitrogens with zero attached hydrogens (tertiary/aromatic N) is 1. The van der Waals surface area contributed by atoms with E-state index in [1.807, 2.05) is 0 Å². The van der Waals surface area contributed by atoms with Gasteiger partial charge < -0.3 is 5.32 Å². The maximum atomic E-state index is 14.1. The summed E-state index contributed by atoms with van der Waals surface area (Å²) in [6.07, 6.45) is 6.68. The first-order chi connectivity index (χ1) is 12.0. The summed E-state index contributed by atoms with van der Waals surface area (Å²) in [7, 11) is -3.90. The number of piperidine rings is 1. The fourth-order valence-electron chi connectivity index (χ4n) is 2.94. The average Bonchev–Trinajstić information content (AvgIpc) is 2.62. The summed E-state index contributed by atoms with van der Waals surface area (Å²) in [6, 6.07) is 3.54. The molecule has 0 aliphatic carbocycles. The predicted molar refractivity (Wildman–Crippen MR) is 95.5 cm³/mol. The van der Waals surface area contributed by atoms with Gasteiger partial charge >= 0.3 is 0 Å². The molecule has 1 fully saturated rings. The van der Waals surface area contributed by atoms with Crippen molar-refractivity contribution in [1.82, 2.24) is 9.62 Å². The molecule has 1 saturated heterocycles. The van der Waals surface area contributed by atoms with Crippen LogP contribution in [-0.2, 0) is 10.0 Å². The Morgan fingerprint density at radius 3 is 2.56 bits per heavy atom. The first-order valence-electron chi connectivity index (χ1n) is 9.04. The van der Waals surface area contributed by atoms with Gasteiger partial charge in [0.15, 0.2) is 0 Å². The third-order valence-electron chi connectivity index (χ3n) is 4.44. The van der Waals surface area contributed by atoms with Crippen LogP contribution in [0.4, 0.5) is 4.39 Å². The van der Waals surface area contributed by atoms with Gasteiger partial charge in [0.05, 0.1) is 0 Å². The molecule has 25 heavy (non-hydrogen) atoms. The van der Waals surface area contributed by atoms with Crippen LogP contribution in [0.1, 0.15) is 62.2 Å². The maximum Gasteiger partial charge on any atom is 0.251 e. The first kappa shape index (κ1) is 19.8. The van der Waals surface area contributed by atoms with E-state index in [1.165, 1.54) is 10.4 Å². The number of nitrogens with one attached hydrogen (secondary N) is 1. The van der Waals surface area contributed by atoms with Crippen molar-refractivity contribution in [3.8, 4) is 0 Å². The molecule has 1 aliphatic heterocycles. The smallest absolute Gasteiger partial charge is 0.251 e. The summed E-state index contributed by atoms with van der Waals surface area (Å²) in [5, 5.41) is 2.77. The third-order valence-corrected chi connectivity index (χ3v) is 6.36. The Hall–Kier alpha value is -1.47. The van der Waals surface area contributed by atoms with Gasteiger partial charge in [-0.15, -0.1) is 0 Å². The Morgan fingerprint density at radius 2 is 1.88 bits per heavy atom. The summed E-state index contributed by atoms with van der Waals surface area (Å²) in [4.78, 5) is 11.8. The molecular weight excluding hydrogens is 343 g/mol. The first-order valence-corrected chi connectivity index (χ1v) is 10.5. The number of hydrogen-bond acceptors (Lipinski definition) is 3. The Labute approximate surface area is 149 Å². The highest BCUT2D eigenvalue weighted by Gasteiger charge is 2.29. The second-order valence-electron chi connectivity index (χ2n) is 6.43. The molecule has 0 radical (unpaired) electrons. The van der Waals surface area contributed by atoms with E-state index in [-0.39, 0.29) is 11.5 Å². The minimum Gasteiger partial charge on any atom is -0.352 e. The summed E-state index contributed by atoms with van der Waals surface area (Å²) in [5.41, 5.74) is 0.174. The number of unbranched alkanes of at least 4 members (excludes halogenated alkanes) is 3. The van der Waals surface area contributed by atoms with Crippen molar-refractivity contribution in [1.29, 1.82) is 0 Å². The molecule has 5 nitrogen and oxygen atoms in total. The van der Waals surface area contributed by atoms with E-state index in [1.54, 1.807) is 0 Å². The quantitative estimate of drug-likeness (QED) is 0.714. The van der Waals surface area contributed by atoms with E-state index in [9.17, 15) is 17.6 Å². The molecule has 2 rings (SSSR count). The highest BCUT2D eigenvalue weighted by atomic mass is 32.2. The van der Waals surface area contributed by atoms with Crippen molar-refractivity contribution >= 4 is 15.9 Å². The molecular formula is C18H27FN2O3S. The van der Waals surface area contributed by atoms with Crippen LogP contribution in [0, 0.1) is 5.82 Å². The molecule has 0 bridgehead atoms. The molecule has 1 aliphatic rings. The SMILES string of the molecule is CCCCCCNC(=O)c1ccc(F)c(S(=O)(=O)N2CCCCC2)c1. The number of carbonyl (C=O) groups excluding carboxylic acids is 1. The molecule has 7 heteroatoms. The zero-order valence-corrected chi connectivity index (χ0v) is 15.6. The van der Waals surface area contributed by atoms with E-state index in [0.29, 0.717) is 19.6 Å². The Kier molecular flexibility index (Phi) is 7.38. The van der Waals surface area contributed by atoms with Gasteiger partial charge in [-0.25, -0.2) is 12.8 Å². The van der Waals surface area contributed by atoms with Crippen molar-refractivity contribution in [2.75, 3.05) is 19.6 Å². The van der Waals surface area contributed by atoms with E-state index >= 15 is 0 Å². The van der Waals surface area contributed by atoms with E-state index in [0.717, 1.165) is 57.1 Å². The van der Waals surface area contributed by atoms with Crippen LogP contribution >= 0.6 is 0 Å². The van der Waals surface area contributed by atoms with Gasteiger partial charge in [-0.3, -0.25) is 4.79 Å². The molecule has 1 aromatic rings. The van der Waals surface area contributed by atoms with Crippen molar-refractivity contribution in [3.63, 3.8) is 0 Å². The van der Waals surface area contributed by atoms with Crippen molar-refractivity contribution in [2.24, 2.45) is 0 Å². The summed E-state index contributed by atoms with van der Waals surface area (Å²) >= 11 is 0. The Morgan fingerprint density at radius 1 is 1.16 bits per heavy atom. The van der Waals surface area contributed by atoms with E-state index < -0.39 is 20.7 Å². The summed E-state index contributed by atoms with van der Waals surface area (Å²) < 4.78 is 40.8. The molecule has 0 aromatic heterocycles. The average molecular weight is 370 g/mol. The molecule has 0 unspecified atom stereocenters. The Bertz CT molecular complexity index is 686. The summed E-state index contributed by atoms with van der Waals surface area (Å²) in [6.45, 7) is 3.44. The second kappa shape index (κ2) is 9.29. The summed E-state index contributed by atoms with van der Waals surface area (Å²) in [5.74, 6) is -1.18. The molecule has 1 amide bonds. The van der Waals surface area contributed by atoms with Crippen molar-refractivity contribution in [3.05, 3.63) is 29.6 Å². The van der Waals surface area contributed by atoms with E-state index in [2.05, 4.69) is 12.2 Å². The zero-order valence-electron chi connectivity index (χ0n) is 14.8. The van der Waals surface area contributed by atoms with Crippen LogP contribution in [0.2, 0.25) is 0 Å². The van der Waals surface area contributed by atoms with Crippen LogP contribution < -0.4 is 5.32 Å². The lowest BCUT2D eigenvalue weighted by Crippen LogP contribution is -2.36. The van der Waals surface area contributed by atoms with Crippen LogP contribution in [-0.4, -0.2) is 38.3 Å². The maximum absolute atomic E-state index is 14.1. The van der Waals surface area contributed by atoms with Crippen LogP contribution in [0.15, 0.2) is 23.1 Å². The van der Waals surface area contributed by atoms with Crippen LogP contribution in [0.5, 0.6) is 0 Å². The van der Waals surface area contributed by atoms with Gasteiger partial charge in [-0.1, -0.05) is 32.6 Å². The number of hydrogen-bond donors (Lipinski definition) is 1. The molecule has 140 valence electrons.